The van der Waals surface area contributed by atoms with Crippen LogP contribution in [-0.4, -0.2) is 72.8 Å². The fourth-order valence-corrected chi connectivity index (χ4v) is 5.14. The Morgan fingerprint density at radius 1 is 0.857 bits per heavy atom. The average Bonchev–Trinajstić information content (AvgIpc) is 3.62. The number of carbonyl (C=O) groups excluding carboxylic acids is 2. The molecule has 0 aliphatic carbocycles. The summed E-state index contributed by atoms with van der Waals surface area (Å²) in [5.41, 5.74) is 1.11. The molecule has 0 aromatic heterocycles. The highest BCUT2D eigenvalue weighted by atomic mass is 16.7. The van der Waals surface area contributed by atoms with Crippen molar-refractivity contribution in [2.24, 2.45) is 0 Å². The zero-order valence-electron chi connectivity index (χ0n) is 19.2. The van der Waals surface area contributed by atoms with Crippen LogP contribution in [0.25, 0.3) is 5.76 Å². The number of ketones is 1. The molecule has 1 unspecified atom stereocenters. The maximum Gasteiger partial charge on any atom is 0.295 e. The van der Waals surface area contributed by atoms with Crippen LogP contribution < -0.4 is 18.9 Å². The molecule has 9 heteroatoms. The summed E-state index contributed by atoms with van der Waals surface area (Å²) in [5, 5.41) is 11.3. The van der Waals surface area contributed by atoms with Crippen molar-refractivity contribution >= 4 is 17.4 Å². The summed E-state index contributed by atoms with van der Waals surface area (Å²) in [7, 11) is 0. The molecule has 2 fully saturated rings. The van der Waals surface area contributed by atoms with E-state index in [2.05, 4.69) is 4.90 Å². The fraction of sp³-hybridized carbons (Fsp3) is 0.385. The number of benzene rings is 2. The lowest BCUT2D eigenvalue weighted by atomic mass is 9.95. The van der Waals surface area contributed by atoms with Gasteiger partial charge in [0.15, 0.2) is 23.0 Å². The molecule has 6 rings (SSSR count). The van der Waals surface area contributed by atoms with Gasteiger partial charge in [-0.05, 0) is 61.8 Å². The van der Waals surface area contributed by atoms with Gasteiger partial charge in [0.05, 0.1) is 11.6 Å². The number of ether oxygens (including phenoxy) is 4. The molecular formula is C26H26N2O7. The summed E-state index contributed by atoms with van der Waals surface area (Å²) in [6.07, 6.45) is 2.27. The molecule has 0 saturated carbocycles. The van der Waals surface area contributed by atoms with Gasteiger partial charge in [0.25, 0.3) is 11.7 Å². The van der Waals surface area contributed by atoms with Gasteiger partial charge < -0.3 is 33.9 Å². The molecule has 4 heterocycles. The highest BCUT2D eigenvalue weighted by molar-refractivity contribution is 6.46. The highest BCUT2D eigenvalue weighted by Gasteiger charge is 2.46. The Labute approximate surface area is 202 Å². The van der Waals surface area contributed by atoms with E-state index in [9.17, 15) is 14.7 Å². The lowest BCUT2D eigenvalue weighted by Gasteiger charge is -2.27. The number of hydrogen-bond donors (Lipinski definition) is 1. The van der Waals surface area contributed by atoms with E-state index in [0.29, 0.717) is 60.4 Å². The Kier molecular flexibility index (Phi) is 5.49. The third-order valence-corrected chi connectivity index (χ3v) is 6.92. The van der Waals surface area contributed by atoms with Gasteiger partial charge in [-0.15, -0.1) is 0 Å². The summed E-state index contributed by atoms with van der Waals surface area (Å²) in [6, 6.07) is 9.60. The second-order valence-corrected chi connectivity index (χ2v) is 9.01. The second kappa shape index (κ2) is 8.81. The van der Waals surface area contributed by atoms with E-state index in [1.807, 2.05) is 6.07 Å². The molecule has 2 aromatic rings. The van der Waals surface area contributed by atoms with Crippen molar-refractivity contribution in [1.29, 1.82) is 0 Å². The van der Waals surface area contributed by atoms with E-state index in [1.54, 1.807) is 35.2 Å². The van der Waals surface area contributed by atoms with Crippen molar-refractivity contribution in [3.05, 3.63) is 53.1 Å². The number of likely N-dealkylation sites (tertiary alicyclic amines) is 2. The first kappa shape index (κ1) is 21.8. The molecule has 0 spiro atoms. The number of aliphatic hydroxyl groups is 1. The van der Waals surface area contributed by atoms with Crippen LogP contribution in [0.1, 0.15) is 30.0 Å². The predicted octanol–water partition coefficient (Wildman–Crippen LogP) is 2.70. The molecule has 182 valence electrons. The second-order valence-electron chi connectivity index (χ2n) is 9.01. The number of fused-ring (bicyclic) bond motifs is 2. The predicted molar refractivity (Wildman–Crippen MR) is 125 cm³/mol. The van der Waals surface area contributed by atoms with Crippen molar-refractivity contribution in [3.8, 4) is 23.0 Å². The summed E-state index contributed by atoms with van der Waals surface area (Å²) in [6.45, 7) is 3.97. The van der Waals surface area contributed by atoms with Crippen LogP contribution in [0.4, 0.5) is 0 Å². The van der Waals surface area contributed by atoms with E-state index in [0.717, 1.165) is 25.9 Å². The SMILES string of the molecule is O=C1C(=O)N(CCN2CCCC2)C(c2ccc3c(c2)OCO3)/C1=C(\O)c1ccc2c(c1)OCCO2. The summed E-state index contributed by atoms with van der Waals surface area (Å²) in [5.74, 6) is 0.648. The van der Waals surface area contributed by atoms with Gasteiger partial charge in [-0.1, -0.05) is 6.07 Å². The molecule has 2 saturated heterocycles. The molecule has 0 bridgehead atoms. The van der Waals surface area contributed by atoms with Gasteiger partial charge >= 0.3 is 0 Å². The summed E-state index contributed by atoms with van der Waals surface area (Å²) < 4.78 is 22.2. The van der Waals surface area contributed by atoms with Crippen LogP contribution in [0, 0.1) is 0 Å². The maximum absolute atomic E-state index is 13.3. The van der Waals surface area contributed by atoms with Gasteiger partial charge in [0.1, 0.15) is 19.0 Å². The topological polar surface area (TPSA) is 97.8 Å². The summed E-state index contributed by atoms with van der Waals surface area (Å²) in [4.78, 5) is 30.4. The highest BCUT2D eigenvalue weighted by Crippen LogP contribution is 2.43. The Morgan fingerprint density at radius 2 is 1.54 bits per heavy atom. The van der Waals surface area contributed by atoms with Crippen molar-refractivity contribution in [1.82, 2.24) is 9.80 Å². The zero-order valence-corrected chi connectivity index (χ0v) is 19.2. The lowest BCUT2D eigenvalue weighted by Crippen LogP contribution is -2.37. The van der Waals surface area contributed by atoms with E-state index in [1.165, 1.54) is 0 Å². The van der Waals surface area contributed by atoms with E-state index < -0.39 is 17.7 Å². The molecule has 2 aromatic carbocycles. The number of carbonyl (C=O) groups is 2. The Morgan fingerprint density at radius 3 is 2.37 bits per heavy atom. The van der Waals surface area contributed by atoms with E-state index in [4.69, 9.17) is 18.9 Å². The third kappa shape index (κ3) is 3.85. The Bertz CT molecular complexity index is 1220. The minimum atomic E-state index is -0.750. The van der Waals surface area contributed by atoms with Gasteiger partial charge in [-0.25, -0.2) is 0 Å². The first-order chi connectivity index (χ1) is 17.1. The quantitative estimate of drug-likeness (QED) is 0.398. The van der Waals surface area contributed by atoms with Gasteiger partial charge in [0, 0.05) is 18.7 Å². The molecule has 35 heavy (non-hydrogen) atoms. The first-order valence-corrected chi connectivity index (χ1v) is 11.9. The number of hydrogen-bond acceptors (Lipinski definition) is 8. The van der Waals surface area contributed by atoms with Gasteiger partial charge in [-0.2, -0.15) is 0 Å². The van der Waals surface area contributed by atoms with Crippen molar-refractivity contribution in [2.75, 3.05) is 46.2 Å². The fourth-order valence-electron chi connectivity index (χ4n) is 5.14. The molecule has 0 radical (unpaired) electrons. The molecule has 9 nitrogen and oxygen atoms in total. The normalized spacial score (nSPS) is 22.7. The van der Waals surface area contributed by atoms with Crippen LogP contribution in [0.3, 0.4) is 0 Å². The third-order valence-electron chi connectivity index (χ3n) is 6.92. The molecule has 1 atom stereocenters. The van der Waals surface area contributed by atoms with Gasteiger partial charge in [-0.3, -0.25) is 9.59 Å². The molecular weight excluding hydrogens is 452 g/mol. The van der Waals surface area contributed by atoms with E-state index >= 15 is 0 Å². The zero-order chi connectivity index (χ0) is 23.9. The van der Waals surface area contributed by atoms with Crippen LogP contribution in [0.5, 0.6) is 23.0 Å². The number of rotatable bonds is 5. The summed E-state index contributed by atoms with van der Waals surface area (Å²) >= 11 is 0. The largest absolute Gasteiger partial charge is 0.507 e. The number of nitrogens with zero attached hydrogens (tertiary/aromatic N) is 2. The number of aliphatic hydroxyl groups excluding tert-OH is 1. The number of amides is 1. The van der Waals surface area contributed by atoms with Crippen molar-refractivity contribution in [2.45, 2.75) is 18.9 Å². The van der Waals surface area contributed by atoms with Gasteiger partial charge in [0.2, 0.25) is 6.79 Å². The standard InChI is InChI=1S/C26H26N2O7/c29-24(17-4-6-18-20(14-17)33-12-11-32-18)22-23(16-3-5-19-21(13-16)35-15-34-19)28(26(31)25(22)30)10-9-27-7-1-2-8-27/h3-6,13-14,23,29H,1-2,7-12,15H2/b24-22+. The monoisotopic (exact) mass is 478 g/mol. The van der Waals surface area contributed by atoms with E-state index in [-0.39, 0.29) is 18.1 Å². The average molecular weight is 479 g/mol. The molecule has 1 amide bonds. The maximum atomic E-state index is 13.3. The number of Topliss-reactive ketones (excluding diaryl/α,β-unsaturated/α-hetero) is 1. The molecule has 4 aliphatic rings. The van der Waals surface area contributed by atoms with Crippen molar-refractivity contribution < 1.29 is 33.6 Å². The van der Waals surface area contributed by atoms with Crippen LogP contribution >= 0.6 is 0 Å². The first-order valence-electron chi connectivity index (χ1n) is 11.9. The Hall–Kier alpha value is -3.72. The molecule has 4 aliphatic heterocycles. The van der Waals surface area contributed by atoms with Crippen molar-refractivity contribution in [3.63, 3.8) is 0 Å². The van der Waals surface area contributed by atoms with Crippen LogP contribution in [-0.2, 0) is 9.59 Å². The van der Waals surface area contributed by atoms with Crippen LogP contribution in [0.15, 0.2) is 42.0 Å². The molecule has 1 N–H and O–H groups in total. The van der Waals surface area contributed by atoms with Crippen LogP contribution in [0.2, 0.25) is 0 Å². The lowest BCUT2D eigenvalue weighted by molar-refractivity contribution is -0.140. The Balaban J connectivity index is 1.42. The smallest absolute Gasteiger partial charge is 0.295 e. The minimum absolute atomic E-state index is 0.0481. The minimum Gasteiger partial charge on any atom is -0.507 e.